The molecule has 118 valence electrons. The Morgan fingerprint density at radius 2 is 1.80 bits per heavy atom. The van der Waals surface area contributed by atoms with Crippen LogP contribution in [0, 0.1) is 17.8 Å². The molecule has 3 atom stereocenters. The molecule has 0 aromatic carbocycles. The molecule has 2 aliphatic rings. The highest BCUT2D eigenvalue weighted by Gasteiger charge is 2.31. The molecule has 0 radical (unpaired) electrons. The van der Waals surface area contributed by atoms with Crippen LogP contribution in [0.5, 0.6) is 0 Å². The minimum Gasteiger partial charge on any atom is -0.393 e. The van der Waals surface area contributed by atoms with Crippen LogP contribution in [0.2, 0.25) is 0 Å². The maximum Gasteiger partial charge on any atom is 0.0580 e. The van der Waals surface area contributed by atoms with Gasteiger partial charge in [0.2, 0.25) is 0 Å². The summed E-state index contributed by atoms with van der Waals surface area (Å²) in [5.74, 6) is 2.11. The summed E-state index contributed by atoms with van der Waals surface area (Å²) in [6.07, 6.45) is 10.3. The zero-order chi connectivity index (χ0) is 14.5. The van der Waals surface area contributed by atoms with E-state index in [0.717, 1.165) is 30.8 Å². The van der Waals surface area contributed by atoms with Crippen LogP contribution in [-0.2, 0) is 0 Å². The van der Waals surface area contributed by atoms with Gasteiger partial charge in [0.25, 0.3) is 0 Å². The fourth-order valence-electron chi connectivity index (χ4n) is 4.10. The highest BCUT2D eigenvalue weighted by Crippen LogP contribution is 2.32. The van der Waals surface area contributed by atoms with Gasteiger partial charge in [-0.3, -0.25) is 0 Å². The smallest absolute Gasteiger partial charge is 0.0580 e. The summed E-state index contributed by atoms with van der Waals surface area (Å²) in [6, 6.07) is 0.804. The molecule has 0 amide bonds. The first-order chi connectivity index (χ1) is 9.56. The summed E-state index contributed by atoms with van der Waals surface area (Å²) in [6.45, 7) is 9.38. The molecule has 3 unspecified atom stereocenters. The van der Waals surface area contributed by atoms with Crippen molar-refractivity contribution in [3.63, 3.8) is 0 Å². The van der Waals surface area contributed by atoms with E-state index in [1.54, 1.807) is 0 Å². The molecule has 1 N–H and O–H groups in total. The Morgan fingerprint density at radius 1 is 1.10 bits per heavy atom. The molecular weight excluding hydrogens is 246 g/mol. The fraction of sp³-hybridized carbons (Fsp3) is 1.00. The summed E-state index contributed by atoms with van der Waals surface area (Å²) in [4.78, 5) is 2.74. The van der Waals surface area contributed by atoms with E-state index >= 15 is 0 Å². The van der Waals surface area contributed by atoms with Crippen molar-refractivity contribution in [3.05, 3.63) is 0 Å². The van der Waals surface area contributed by atoms with Crippen LogP contribution >= 0.6 is 0 Å². The Labute approximate surface area is 125 Å². The van der Waals surface area contributed by atoms with Gasteiger partial charge in [-0.1, -0.05) is 33.6 Å². The second kappa shape index (κ2) is 7.79. The molecule has 2 nitrogen and oxygen atoms in total. The zero-order valence-corrected chi connectivity index (χ0v) is 13.9. The molecule has 0 heterocycles. The molecule has 0 saturated heterocycles. The molecule has 20 heavy (non-hydrogen) atoms. The SMILES string of the molecule is CC(C)CCN(CC1CC(C)CCC1O)C1CCCC1. The van der Waals surface area contributed by atoms with Crippen LogP contribution < -0.4 is 0 Å². The summed E-state index contributed by atoms with van der Waals surface area (Å²) in [5.41, 5.74) is 0. The average Bonchev–Trinajstić information content (AvgIpc) is 2.92. The summed E-state index contributed by atoms with van der Waals surface area (Å²) >= 11 is 0. The largest absolute Gasteiger partial charge is 0.393 e. The number of aliphatic hydroxyl groups is 1. The van der Waals surface area contributed by atoms with E-state index in [1.165, 1.54) is 51.5 Å². The van der Waals surface area contributed by atoms with E-state index in [2.05, 4.69) is 25.7 Å². The van der Waals surface area contributed by atoms with E-state index in [1.807, 2.05) is 0 Å². The van der Waals surface area contributed by atoms with Gasteiger partial charge in [0.1, 0.15) is 0 Å². The van der Waals surface area contributed by atoms with Gasteiger partial charge < -0.3 is 10.0 Å². The number of hydrogen-bond donors (Lipinski definition) is 1. The number of rotatable bonds is 6. The first-order valence-corrected chi connectivity index (χ1v) is 8.98. The van der Waals surface area contributed by atoms with Gasteiger partial charge in [-0.2, -0.15) is 0 Å². The predicted molar refractivity (Wildman–Crippen MR) is 85.8 cm³/mol. The first-order valence-electron chi connectivity index (χ1n) is 8.98. The minimum absolute atomic E-state index is 0.0471. The Kier molecular flexibility index (Phi) is 6.35. The van der Waals surface area contributed by atoms with Crippen molar-refractivity contribution >= 4 is 0 Å². The van der Waals surface area contributed by atoms with Crippen molar-refractivity contribution in [2.24, 2.45) is 17.8 Å². The second-order valence-corrected chi connectivity index (χ2v) is 7.86. The molecule has 2 saturated carbocycles. The third-order valence-corrected chi connectivity index (χ3v) is 5.51. The van der Waals surface area contributed by atoms with Crippen molar-refractivity contribution in [3.8, 4) is 0 Å². The Balaban J connectivity index is 1.91. The van der Waals surface area contributed by atoms with Gasteiger partial charge in [-0.25, -0.2) is 0 Å². The number of nitrogens with zero attached hydrogens (tertiary/aromatic N) is 1. The standard InChI is InChI=1S/C18H35NO/c1-14(2)10-11-19(17-6-4-5-7-17)13-16-12-15(3)8-9-18(16)20/h14-18,20H,4-13H2,1-3H3. The topological polar surface area (TPSA) is 23.5 Å². The third-order valence-electron chi connectivity index (χ3n) is 5.51. The van der Waals surface area contributed by atoms with Crippen molar-refractivity contribution < 1.29 is 5.11 Å². The van der Waals surface area contributed by atoms with Gasteiger partial charge in [0.15, 0.2) is 0 Å². The monoisotopic (exact) mass is 281 g/mol. The molecule has 0 aromatic heterocycles. The Bertz CT molecular complexity index is 273. The van der Waals surface area contributed by atoms with Gasteiger partial charge in [0.05, 0.1) is 6.10 Å². The molecule has 2 aliphatic carbocycles. The number of aliphatic hydroxyl groups excluding tert-OH is 1. The van der Waals surface area contributed by atoms with Gasteiger partial charge >= 0.3 is 0 Å². The maximum absolute atomic E-state index is 10.3. The minimum atomic E-state index is -0.0471. The second-order valence-electron chi connectivity index (χ2n) is 7.86. The van der Waals surface area contributed by atoms with Crippen molar-refractivity contribution in [1.29, 1.82) is 0 Å². The first kappa shape index (κ1) is 16.3. The molecule has 2 heteroatoms. The van der Waals surface area contributed by atoms with Crippen molar-refractivity contribution in [1.82, 2.24) is 4.90 Å². The zero-order valence-electron chi connectivity index (χ0n) is 13.9. The summed E-state index contributed by atoms with van der Waals surface area (Å²) in [5, 5.41) is 10.3. The van der Waals surface area contributed by atoms with Gasteiger partial charge in [-0.05, 0) is 62.8 Å². The van der Waals surface area contributed by atoms with Crippen LogP contribution in [0.3, 0.4) is 0 Å². The molecule has 0 spiro atoms. The van der Waals surface area contributed by atoms with E-state index in [-0.39, 0.29) is 6.10 Å². The molecule has 0 aliphatic heterocycles. The van der Waals surface area contributed by atoms with Crippen molar-refractivity contribution in [2.45, 2.75) is 84.3 Å². The van der Waals surface area contributed by atoms with Crippen LogP contribution in [0.25, 0.3) is 0 Å². The molecule has 0 aromatic rings. The number of hydrogen-bond acceptors (Lipinski definition) is 2. The van der Waals surface area contributed by atoms with E-state index in [4.69, 9.17) is 0 Å². The van der Waals surface area contributed by atoms with Gasteiger partial charge in [0, 0.05) is 12.6 Å². The summed E-state index contributed by atoms with van der Waals surface area (Å²) in [7, 11) is 0. The lowest BCUT2D eigenvalue weighted by Gasteiger charge is -2.38. The highest BCUT2D eigenvalue weighted by atomic mass is 16.3. The van der Waals surface area contributed by atoms with Crippen LogP contribution in [0.4, 0.5) is 0 Å². The molecule has 2 fully saturated rings. The Morgan fingerprint density at radius 3 is 2.45 bits per heavy atom. The molecule has 2 rings (SSSR count). The molecular formula is C18H35NO. The van der Waals surface area contributed by atoms with Gasteiger partial charge in [-0.15, -0.1) is 0 Å². The Hall–Kier alpha value is -0.0800. The summed E-state index contributed by atoms with van der Waals surface area (Å²) < 4.78 is 0. The van der Waals surface area contributed by atoms with E-state index in [9.17, 15) is 5.11 Å². The predicted octanol–water partition coefficient (Wildman–Crippen LogP) is 4.07. The van der Waals surface area contributed by atoms with Crippen LogP contribution in [0.1, 0.15) is 72.1 Å². The highest BCUT2D eigenvalue weighted by molar-refractivity contribution is 4.84. The maximum atomic E-state index is 10.3. The van der Waals surface area contributed by atoms with Crippen molar-refractivity contribution in [2.75, 3.05) is 13.1 Å². The fourth-order valence-corrected chi connectivity index (χ4v) is 4.10. The third kappa shape index (κ3) is 4.73. The van der Waals surface area contributed by atoms with Crippen LogP contribution in [-0.4, -0.2) is 35.2 Å². The average molecular weight is 281 g/mol. The quantitative estimate of drug-likeness (QED) is 0.793. The lowest BCUT2D eigenvalue weighted by molar-refractivity contribution is 0.0209. The molecule has 0 bridgehead atoms. The van der Waals surface area contributed by atoms with E-state index in [0.29, 0.717) is 5.92 Å². The lowest BCUT2D eigenvalue weighted by Crippen LogP contribution is -2.43. The normalized spacial score (nSPS) is 32.4. The van der Waals surface area contributed by atoms with E-state index < -0.39 is 0 Å². The van der Waals surface area contributed by atoms with Crippen LogP contribution in [0.15, 0.2) is 0 Å². The lowest BCUT2D eigenvalue weighted by atomic mass is 9.80.